The molecule has 0 saturated carbocycles. The van der Waals surface area contributed by atoms with E-state index in [0.717, 1.165) is 34.8 Å². The predicted octanol–water partition coefficient (Wildman–Crippen LogP) is 4.42. The minimum Gasteiger partial charge on any atom is -0.390 e. The van der Waals surface area contributed by atoms with Gasteiger partial charge in [-0.1, -0.05) is 23.2 Å². The molecule has 2 atom stereocenters. The Bertz CT molecular complexity index is 803. The van der Waals surface area contributed by atoms with Crippen molar-refractivity contribution < 1.29 is 5.11 Å². The maximum atomic E-state index is 10.4. The second-order valence-electron chi connectivity index (χ2n) is 5.82. The second kappa shape index (κ2) is 6.50. The maximum Gasteiger partial charge on any atom is 0.0872 e. The maximum absolute atomic E-state index is 10.4. The summed E-state index contributed by atoms with van der Waals surface area (Å²) in [5.41, 5.74) is 2.18. The Morgan fingerprint density at radius 3 is 2.09 bits per heavy atom. The molecule has 0 aliphatic carbocycles. The standard InChI is InChI=1S/C17H16Cl2N2O.ClH/c18-10-1-3-14-12(7-10)13-8-11(19)2-4-15(13)21(14)16-5-6-20-9-17(16)22;/h1-4,7-8,16-17,20,22H,5-6,9H2;1H/t16-,17-;/m0./s1. The number of hydrogen-bond acceptors (Lipinski definition) is 2. The first kappa shape index (κ1) is 16.9. The Kier molecular flexibility index (Phi) is 4.77. The van der Waals surface area contributed by atoms with Gasteiger partial charge in [0.2, 0.25) is 0 Å². The molecule has 0 radical (unpaired) electrons. The van der Waals surface area contributed by atoms with Crippen molar-refractivity contribution in [3.05, 3.63) is 46.4 Å². The van der Waals surface area contributed by atoms with E-state index in [1.807, 2.05) is 36.4 Å². The first-order valence-corrected chi connectivity index (χ1v) is 8.18. The van der Waals surface area contributed by atoms with Gasteiger partial charge >= 0.3 is 0 Å². The molecule has 0 unspecified atom stereocenters. The lowest BCUT2D eigenvalue weighted by Gasteiger charge is -2.31. The molecule has 1 fully saturated rings. The van der Waals surface area contributed by atoms with Crippen LogP contribution in [0.4, 0.5) is 0 Å². The fourth-order valence-electron chi connectivity index (χ4n) is 3.48. The molecular formula is C17H17Cl3N2O. The largest absolute Gasteiger partial charge is 0.390 e. The van der Waals surface area contributed by atoms with Gasteiger partial charge in [0.25, 0.3) is 0 Å². The molecule has 0 bridgehead atoms. The van der Waals surface area contributed by atoms with E-state index in [2.05, 4.69) is 9.88 Å². The van der Waals surface area contributed by atoms with Crippen LogP contribution in [0.1, 0.15) is 12.5 Å². The van der Waals surface area contributed by atoms with E-state index < -0.39 is 6.10 Å². The highest BCUT2D eigenvalue weighted by Crippen LogP contribution is 2.37. The molecule has 6 heteroatoms. The fraction of sp³-hybridized carbons (Fsp3) is 0.294. The van der Waals surface area contributed by atoms with E-state index in [1.54, 1.807) is 0 Å². The van der Waals surface area contributed by atoms with Gasteiger partial charge in [-0.15, -0.1) is 12.4 Å². The summed E-state index contributed by atoms with van der Waals surface area (Å²) >= 11 is 12.4. The Morgan fingerprint density at radius 2 is 1.57 bits per heavy atom. The van der Waals surface area contributed by atoms with Gasteiger partial charge in [0, 0.05) is 38.4 Å². The Morgan fingerprint density at radius 1 is 1.00 bits per heavy atom. The van der Waals surface area contributed by atoms with E-state index in [0.29, 0.717) is 16.6 Å². The highest BCUT2D eigenvalue weighted by molar-refractivity contribution is 6.33. The quantitative estimate of drug-likeness (QED) is 0.664. The Labute approximate surface area is 150 Å². The lowest BCUT2D eigenvalue weighted by molar-refractivity contribution is 0.0913. The third-order valence-corrected chi connectivity index (χ3v) is 4.94. The van der Waals surface area contributed by atoms with Crippen LogP contribution in [0.25, 0.3) is 21.8 Å². The molecular weight excluding hydrogens is 355 g/mol. The number of fused-ring (bicyclic) bond motifs is 3. The summed E-state index contributed by atoms with van der Waals surface area (Å²) in [5.74, 6) is 0. The highest BCUT2D eigenvalue weighted by Gasteiger charge is 2.27. The van der Waals surface area contributed by atoms with Crippen LogP contribution < -0.4 is 5.32 Å². The van der Waals surface area contributed by atoms with Crippen molar-refractivity contribution in [2.24, 2.45) is 0 Å². The van der Waals surface area contributed by atoms with Crippen LogP contribution in [0, 0.1) is 0 Å². The molecule has 0 spiro atoms. The molecule has 4 rings (SSSR count). The van der Waals surface area contributed by atoms with Gasteiger partial charge < -0.3 is 15.0 Å². The average Bonchev–Trinajstić information content (AvgIpc) is 2.81. The molecule has 1 aromatic heterocycles. The topological polar surface area (TPSA) is 37.2 Å². The number of aromatic nitrogens is 1. The van der Waals surface area contributed by atoms with Gasteiger partial charge in [-0.25, -0.2) is 0 Å². The van der Waals surface area contributed by atoms with Crippen LogP contribution in [-0.2, 0) is 0 Å². The van der Waals surface area contributed by atoms with E-state index in [9.17, 15) is 5.11 Å². The number of rotatable bonds is 1. The van der Waals surface area contributed by atoms with Gasteiger partial charge in [0.15, 0.2) is 0 Å². The fourth-order valence-corrected chi connectivity index (χ4v) is 3.83. The molecule has 3 aromatic rings. The zero-order valence-corrected chi connectivity index (χ0v) is 14.6. The molecule has 23 heavy (non-hydrogen) atoms. The summed E-state index contributed by atoms with van der Waals surface area (Å²) in [6, 6.07) is 11.9. The number of benzene rings is 2. The second-order valence-corrected chi connectivity index (χ2v) is 6.69. The Hall–Kier alpha value is -0.970. The van der Waals surface area contributed by atoms with Gasteiger partial charge in [-0.2, -0.15) is 0 Å². The number of nitrogens with zero attached hydrogens (tertiary/aromatic N) is 1. The molecule has 3 nitrogen and oxygen atoms in total. The molecule has 2 aromatic carbocycles. The number of halogens is 3. The first-order chi connectivity index (χ1) is 10.6. The van der Waals surface area contributed by atoms with E-state index in [1.165, 1.54) is 0 Å². The summed E-state index contributed by atoms with van der Waals surface area (Å²) in [4.78, 5) is 0. The molecule has 1 aliphatic heterocycles. The summed E-state index contributed by atoms with van der Waals surface area (Å²) in [6.45, 7) is 1.52. The number of aliphatic hydroxyl groups is 1. The van der Waals surface area contributed by atoms with Crippen molar-refractivity contribution in [3.8, 4) is 0 Å². The number of aliphatic hydroxyl groups excluding tert-OH is 1. The van der Waals surface area contributed by atoms with Gasteiger partial charge in [0.1, 0.15) is 0 Å². The lowest BCUT2D eigenvalue weighted by Crippen LogP contribution is -2.41. The van der Waals surface area contributed by atoms with Crippen molar-refractivity contribution in [3.63, 3.8) is 0 Å². The minimum atomic E-state index is -0.404. The molecule has 0 amide bonds. The Balaban J connectivity index is 0.00000156. The van der Waals surface area contributed by atoms with Crippen LogP contribution in [0.5, 0.6) is 0 Å². The van der Waals surface area contributed by atoms with Crippen molar-refractivity contribution in [1.82, 2.24) is 9.88 Å². The predicted molar refractivity (Wildman–Crippen MR) is 99.2 cm³/mol. The number of nitrogens with one attached hydrogen (secondary N) is 1. The van der Waals surface area contributed by atoms with Crippen LogP contribution in [0.2, 0.25) is 10.0 Å². The molecule has 1 saturated heterocycles. The summed E-state index contributed by atoms with van der Waals surface area (Å²) in [5, 5.41) is 17.2. The van der Waals surface area contributed by atoms with E-state index in [4.69, 9.17) is 23.2 Å². The van der Waals surface area contributed by atoms with Gasteiger partial charge in [-0.05, 0) is 49.4 Å². The van der Waals surface area contributed by atoms with Crippen LogP contribution in [-0.4, -0.2) is 28.9 Å². The molecule has 2 heterocycles. The highest BCUT2D eigenvalue weighted by atomic mass is 35.5. The smallest absolute Gasteiger partial charge is 0.0872 e. The minimum absolute atomic E-state index is 0. The third kappa shape index (κ3) is 2.81. The number of piperidine rings is 1. The van der Waals surface area contributed by atoms with Crippen molar-refractivity contribution in [1.29, 1.82) is 0 Å². The van der Waals surface area contributed by atoms with Crippen molar-refractivity contribution in [2.75, 3.05) is 13.1 Å². The van der Waals surface area contributed by atoms with Crippen LogP contribution in [0.15, 0.2) is 36.4 Å². The SMILES string of the molecule is Cl.O[C@H]1CNCC[C@@H]1n1c2ccc(Cl)cc2c2cc(Cl)ccc21. The van der Waals surface area contributed by atoms with Crippen molar-refractivity contribution >= 4 is 57.4 Å². The van der Waals surface area contributed by atoms with Gasteiger partial charge in [0.05, 0.1) is 12.1 Å². The summed E-state index contributed by atoms with van der Waals surface area (Å²) < 4.78 is 2.24. The summed E-state index contributed by atoms with van der Waals surface area (Å²) in [6.07, 6.45) is 0.490. The zero-order valence-electron chi connectivity index (χ0n) is 12.3. The van der Waals surface area contributed by atoms with Crippen LogP contribution >= 0.6 is 35.6 Å². The van der Waals surface area contributed by atoms with E-state index in [-0.39, 0.29) is 18.4 Å². The average molecular weight is 372 g/mol. The molecule has 1 aliphatic rings. The van der Waals surface area contributed by atoms with Gasteiger partial charge in [-0.3, -0.25) is 0 Å². The summed E-state index contributed by atoms with van der Waals surface area (Å²) in [7, 11) is 0. The van der Waals surface area contributed by atoms with Crippen molar-refractivity contribution in [2.45, 2.75) is 18.6 Å². The van der Waals surface area contributed by atoms with Crippen LogP contribution in [0.3, 0.4) is 0 Å². The lowest BCUT2D eigenvalue weighted by atomic mass is 10.0. The monoisotopic (exact) mass is 370 g/mol. The first-order valence-electron chi connectivity index (χ1n) is 7.42. The molecule has 2 N–H and O–H groups in total. The normalized spacial score (nSPS) is 21.5. The zero-order chi connectivity index (χ0) is 15.3. The number of hydrogen-bond donors (Lipinski definition) is 2. The molecule has 122 valence electrons. The van der Waals surface area contributed by atoms with E-state index >= 15 is 0 Å². The third-order valence-electron chi connectivity index (χ3n) is 4.47. The number of β-amino-alcohol motifs (C(OH)–C–C–N with tert-alkyl or cyclic N) is 1.